The third-order valence-electron chi connectivity index (χ3n) is 4.63. The van der Waals surface area contributed by atoms with Crippen LogP contribution in [0.2, 0.25) is 5.02 Å². The van der Waals surface area contributed by atoms with Gasteiger partial charge in [0.25, 0.3) is 5.88 Å². The maximum atomic E-state index is 12.6. The molecule has 2 bridgehead atoms. The summed E-state index contributed by atoms with van der Waals surface area (Å²) in [7, 11) is 0. The van der Waals surface area contributed by atoms with Crippen LogP contribution in [-0.4, -0.2) is 34.2 Å². The minimum atomic E-state index is -0.585. The van der Waals surface area contributed by atoms with Gasteiger partial charge in [-0.25, -0.2) is 14.8 Å². The van der Waals surface area contributed by atoms with E-state index in [1.807, 2.05) is 6.07 Å². The molecule has 0 atom stereocenters. The van der Waals surface area contributed by atoms with Gasteiger partial charge in [-0.3, -0.25) is 5.32 Å². The molecule has 0 unspecified atom stereocenters. The average molecular weight is 470 g/mol. The second kappa shape index (κ2) is 10.5. The number of hydrogen-bond donors (Lipinski definition) is 3. The first kappa shape index (κ1) is 22.2. The summed E-state index contributed by atoms with van der Waals surface area (Å²) in [6, 6.07) is 4.66. The molecular formula is C21H20ClN7O4. The number of urea groups is 1. The molecule has 3 heterocycles. The van der Waals surface area contributed by atoms with Gasteiger partial charge < -0.3 is 24.5 Å². The van der Waals surface area contributed by atoms with Crippen molar-refractivity contribution >= 4 is 34.8 Å². The number of aromatic nitrogens is 3. The van der Waals surface area contributed by atoms with Crippen LogP contribution in [0.4, 0.5) is 22.0 Å². The van der Waals surface area contributed by atoms with Crippen LogP contribution in [0.3, 0.4) is 0 Å². The van der Waals surface area contributed by atoms with Crippen molar-refractivity contribution in [1.29, 1.82) is 5.26 Å². The van der Waals surface area contributed by atoms with Gasteiger partial charge in [0.2, 0.25) is 5.69 Å². The summed E-state index contributed by atoms with van der Waals surface area (Å²) in [6.45, 7) is 1.17. The topological polar surface area (TPSA) is 147 Å². The van der Waals surface area contributed by atoms with Gasteiger partial charge in [0.1, 0.15) is 17.6 Å². The number of benzene rings is 1. The number of ether oxygens (including phenoxy) is 2. The fourth-order valence-corrected chi connectivity index (χ4v) is 3.26. The number of carbonyl (C=O) groups excluding carboxylic acids is 1. The highest BCUT2D eigenvalue weighted by Crippen LogP contribution is 2.35. The number of anilines is 3. The predicted octanol–water partition coefficient (Wildman–Crippen LogP) is 4.19. The molecule has 170 valence electrons. The summed E-state index contributed by atoms with van der Waals surface area (Å²) in [5.41, 5.74) is 1.05. The summed E-state index contributed by atoms with van der Waals surface area (Å²) >= 11 is 6.43. The molecule has 12 heteroatoms. The number of rotatable bonds is 3. The molecule has 4 rings (SSSR count). The zero-order valence-corrected chi connectivity index (χ0v) is 18.2. The third-order valence-corrected chi connectivity index (χ3v) is 4.94. The van der Waals surface area contributed by atoms with E-state index in [1.54, 1.807) is 18.3 Å². The van der Waals surface area contributed by atoms with E-state index in [0.29, 0.717) is 47.7 Å². The number of nitrogens with one attached hydrogen (secondary N) is 3. The number of amides is 2. The highest BCUT2D eigenvalue weighted by atomic mass is 35.5. The molecule has 3 N–H and O–H groups in total. The second-order valence-corrected chi connectivity index (χ2v) is 7.41. The summed E-state index contributed by atoms with van der Waals surface area (Å²) in [5, 5.41) is 18.0. The Kier molecular flexibility index (Phi) is 7.06. The van der Waals surface area contributed by atoms with Crippen LogP contribution < -0.4 is 25.4 Å². The number of nitriles is 1. The van der Waals surface area contributed by atoms with E-state index in [4.69, 9.17) is 25.5 Å². The monoisotopic (exact) mass is 469 g/mol. The van der Waals surface area contributed by atoms with Crippen LogP contribution in [-0.2, 0) is 6.54 Å². The van der Waals surface area contributed by atoms with E-state index in [1.165, 1.54) is 12.6 Å². The summed E-state index contributed by atoms with van der Waals surface area (Å²) in [4.78, 5) is 24.6. The van der Waals surface area contributed by atoms with Gasteiger partial charge in [0.05, 0.1) is 48.5 Å². The number of hydrogen-bond acceptors (Lipinski definition) is 9. The SMILES string of the molecule is N#Cc1ncc2nc1OCCCCCOc1cc(NCc3cnco3)c(Cl)cc1NC(=O)N2. The number of carbonyl (C=O) groups is 1. The normalized spacial score (nSPS) is 14.1. The largest absolute Gasteiger partial charge is 0.491 e. The van der Waals surface area contributed by atoms with Gasteiger partial charge in [-0.1, -0.05) is 11.6 Å². The van der Waals surface area contributed by atoms with E-state index in [0.717, 1.165) is 19.3 Å². The first-order chi connectivity index (χ1) is 16.1. The number of halogens is 1. The van der Waals surface area contributed by atoms with E-state index in [-0.39, 0.29) is 17.4 Å². The second-order valence-electron chi connectivity index (χ2n) is 7.01. The summed E-state index contributed by atoms with van der Waals surface area (Å²) < 4.78 is 16.8. The van der Waals surface area contributed by atoms with Crippen molar-refractivity contribution in [3.8, 4) is 17.7 Å². The summed E-state index contributed by atoms with van der Waals surface area (Å²) in [5.74, 6) is 1.31. The third kappa shape index (κ3) is 5.81. The highest BCUT2D eigenvalue weighted by molar-refractivity contribution is 6.33. The molecule has 33 heavy (non-hydrogen) atoms. The lowest BCUT2D eigenvalue weighted by Crippen LogP contribution is -2.21. The minimum absolute atomic E-state index is 0.0519. The number of nitrogens with zero attached hydrogens (tertiary/aromatic N) is 4. The van der Waals surface area contributed by atoms with Crippen LogP contribution in [0.1, 0.15) is 30.7 Å². The Morgan fingerprint density at radius 1 is 1.15 bits per heavy atom. The molecule has 0 saturated carbocycles. The van der Waals surface area contributed by atoms with Gasteiger partial charge >= 0.3 is 6.03 Å². The quantitative estimate of drug-likeness (QED) is 0.513. The van der Waals surface area contributed by atoms with Crippen LogP contribution in [0.5, 0.6) is 11.6 Å². The van der Waals surface area contributed by atoms with Gasteiger partial charge in [-0.15, -0.1) is 0 Å². The van der Waals surface area contributed by atoms with E-state index < -0.39 is 6.03 Å². The Hall–Kier alpha value is -4.04. The van der Waals surface area contributed by atoms with E-state index in [2.05, 4.69) is 30.9 Å². The summed E-state index contributed by atoms with van der Waals surface area (Å²) in [6.07, 6.45) is 6.56. The highest BCUT2D eigenvalue weighted by Gasteiger charge is 2.16. The lowest BCUT2D eigenvalue weighted by atomic mass is 10.2. The maximum Gasteiger partial charge on any atom is 0.325 e. The Labute approximate surface area is 194 Å². The number of fused-ring (bicyclic) bond motifs is 3. The fraction of sp³-hybridized carbons (Fsp3) is 0.286. The van der Waals surface area contributed by atoms with Crippen molar-refractivity contribution in [3.05, 3.63) is 47.4 Å². The van der Waals surface area contributed by atoms with Crippen molar-refractivity contribution < 1.29 is 18.7 Å². The first-order valence-corrected chi connectivity index (χ1v) is 10.6. The minimum Gasteiger partial charge on any atom is -0.491 e. The Morgan fingerprint density at radius 3 is 2.79 bits per heavy atom. The fourth-order valence-electron chi connectivity index (χ4n) is 3.03. The molecule has 2 amide bonds. The van der Waals surface area contributed by atoms with Crippen molar-refractivity contribution in [2.24, 2.45) is 0 Å². The Morgan fingerprint density at radius 2 is 2.00 bits per heavy atom. The molecule has 0 aliphatic carbocycles. The van der Waals surface area contributed by atoms with E-state index >= 15 is 0 Å². The zero-order valence-electron chi connectivity index (χ0n) is 17.4. The van der Waals surface area contributed by atoms with Crippen LogP contribution in [0.25, 0.3) is 0 Å². The van der Waals surface area contributed by atoms with Crippen molar-refractivity contribution in [3.63, 3.8) is 0 Å². The molecule has 11 nitrogen and oxygen atoms in total. The van der Waals surface area contributed by atoms with Crippen molar-refractivity contribution in [2.75, 3.05) is 29.2 Å². The molecule has 1 aliphatic heterocycles. The smallest absolute Gasteiger partial charge is 0.325 e. The standard InChI is InChI=1S/C21H20ClN7O4/c22-14-6-16-18(7-15(14)25-10-13-9-24-12-33-13)31-4-2-1-3-5-32-20-17(8-23)26-11-19(28-20)29-21(30)27-16/h6-7,9,11-12,25H,1-5,10H2,(H2,27,28,29,30). The predicted molar refractivity (Wildman–Crippen MR) is 120 cm³/mol. The lowest BCUT2D eigenvalue weighted by molar-refractivity contribution is 0.261. The van der Waals surface area contributed by atoms with Gasteiger partial charge in [0, 0.05) is 6.07 Å². The molecule has 0 radical (unpaired) electrons. The molecular weight excluding hydrogens is 450 g/mol. The van der Waals surface area contributed by atoms with Crippen molar-refractivity contribution in [2.45, 2.75) is 25.8 Å². The van der Waals surface area contributed by atoms with E-state index in [9.17, 15) is 10.1 Å². The Balaban J connectivity index is 1.57. The molecule has 0 saturated heterocycles. The molecule has 2 aromatic heterocycles. The zero-order chi connectivity index (χ0) is 23.0. The van der Waals surface area contributed by atoms with Gasteiger partial charge in [-0.05, 0) is 25.3 Å². The molecule has 3 aromatic rings. The molecule has 0 spiro atoms. The Bertz CT molecular complexity index is 1160. The molecule has 1 aromatic carbocycles. The first-order valence-electron chi connectivity index (χ1n) is 10.2. The average Bonchev–Trinajstić information content (AvgIpc) is 3.32. The van der Waals surface area contributed by atoms with Gasteiger partial charge in [0.15, 0.2) is 12.2 Å². The van der Waals surface area contributed by atoms with Crippen LogP contribution in [0.15, 0.2) is 35.3 Å². The van der Waals surface area contributed by atoms with Crippen molar-refractivity contribution in [1.82, 2.24) is 15.0 Å². The molecule has 0 fully saturated rings. The maximum absolute atomic E-state index is 12.6. The lowest BCUT2D eigenvalue weighted by Gasteiger charge is -2.16. The van der Waals surface area contributed by atoms with Gasteiger partial charge in [-0.2, -0.15) is 10.2 Å². The van der Waals surface area contributed by atoms with Crippen LogP contribution in [0, 0.1) is 11.3 Å². The number of oxazole rings is 1. The molecule has 1 aliphatic rings. The van der Waals surface area contributed by atoms with Crippen LogP contribution >= 0.6 is 11.6 Å².